The Hall–Kier alpha value is -0.690. The molecular formula is C9H20N2O4. The van der Waals surface area contributed by atoms with Gasteiger partial charge in [0.2, 0.25) is 5.91 Å². The summed E-state index contributed by atoms with van der Waals surface area (Å²) >= 11 is 0. The Morgan fingerprint density at radius 2 is 1.33 bits per heavy atom. The second-order valence-electron chi connectivity index (χ2n) is 2.84. The van der Waals surface area contributed by atoms with E-state index in [-0.39, 0.29) is 12.3 Å². The van der Waals surface area contributed by atoms with Crippen LogP contribution in [0.4, 0.5) is 0 Å². The summed E-state index contributed by atoms with van der Waals surface area (Å²) in [6.07, 6.45) is 0.250. The summed E-state index contributed by atoms with van der Waals surface area (Å²) < 4.78 is 15.4. The first-order valence-electron chi connectivity index (χ1n) is 4.99. The quantitative estimate of drug-likeness (QED) is 0.429. The van der Waals surface area contributed by atoms with Crippen molar-refractivity contribution in [2.75, 3.05) is 46.2 Å². The number of hydrogen-bond donors (Lipinski definition) is 2. The fourth-order valence-corrected chi connectivity index (χ4v) is 0.798. The van der Waals surface area contributed by atoms with E-state index in [1.807, 2.05) is 0 Å². The van der Waals surface area contributed by atoms with E-state index < -0.39 is 0 Å². The second-order valence-corrected chi connectivity index (χ2v) is 2.84. The van der Waals surface area contributed by atoms with Crippen molar-refractivity contribution in [1.82, 2.24) is 0 Å². The van der Waals surface area contributed by atoms with Crippen LogP contribution in [0.25, 0.3) is 0 Å². The third kappa shape index (κ3) is 13.3. The molecule has 0 aliphatic heterocycles. The van der Waals surface area contributed by atoms with E-state index in [0.717, 1.165) is 0 Å². The zero-order chi connectivity index (χ0) is 11.4. The molecule has 0 atom stereocenters. The molecule has 90 valence electrons. The van der Waals surface area contributed by atoms with E-state index in [2.05, 4.69) is 0 Å². The van der Waals surface area contributed by atoms with Gasteiger partial charge in [-0.1, -0.05) is 0 Å². The predicted octanol–water partition coefficient (Wildman–Crippen LogP) is -1.13. The molecule has 0 aliphatic rings. The highest BCUT2D eigenvalue weighted by atomic mass is 16.5. The minimum atomic E-state index is -0.355. The largest absolute Gasteiger partial charge is 0.379 e. The average Bonchev–Trinajstić information content (AvgIpc) is 2.20. The van der Waals surface area contributed by atoms with Crippen molar-refractivity contribution in [3.8, 4) is 0 Å². The number of rotatable bonds is 11. The van der Waals surface area contributed by atoms with Crippen LogP contribution >= 0.6 is 0 Å². The molecule has 0 bridgehead atoms. The van der Waals surface area contributed by atoms with Gasteiger partial charge in [-0.25, -0.2) is 0 Å². The Kier molecular flexibility index (Phi) is 10.9. The van der Waals surface area contributed by atoms with Crippen molar-refractivity contribution >= 4 is 5.91 Å². The molecule has 0 radical (unpaired) electrons. The van der Waals surface area contributed by atoms with Gasteiger partial charge < -0.3 is 25.7 Å². The van der Waals surface area contributed by atoms with Gasteiger partial charge in [0.05, 0.1) is 39.6 Å². The lowest BCUT2D eigenvalue weighted by Crippen LogP contribution is -2.16. The maximum atomic E-state index is 10.3. The van der Waals surface area contributed by atoms with Crippen molar-refractivity contribution < 1.29 is 19.0 Å². The van der Waals surface area contributed by atoms with Gasteiger partial charge in [0.1, 0.15) is 0 Å². The first kappa shape index (κ1) is 14.3. The minimum Gasteiger partial charge on any atom is -0.379 e. The maximum absolute atomic E-state index is 10.3. The van der Waals surface area contributed by atoms with Gasteiger partial charge in [-0.2, -0.15) is 0 Å². The zero-order valence-corrected chi connectivity index (χ0v) is 8.94. The minimum absolute atomic E-state index is 0.250. The van der Waals surface area contributed by atoms with E-state index in [0.29, 0.717) is 46.2 Å². The SMILES string of the molecule is NCCOCCOCCOCCC(N)=O. The van der Waals surface area contributed by atoms with Crippen LogP contribution in [0, 0.1) is 0 Å². The number of amides is 1. The summed E-state index contributed by atoms with van der Waals surface area (Å²) in [5, 5.41) is 0. The second kappa shape index (κ2) is 11.4. The van der Waals surface area contributed by atoms with Crippen LogP contribution in [0.1, 0.15) is 6.42 Å². The molecule has 0 spiro atoms. The van der Waals surface area contributed by atoms with Crippen molar-refractivity contribution in [3.63, 3.8) is 0 Å². The summed E-state index contributed by atoms with van der Waals surface area (Å²) in [4.78, 5) is 10.3. The number of carbonyl (C=O) groups is 1. The summed E-state index contributed by atoms with van der Waals surface area (Å²) in [5.41, 5.74) is 10.1. The van der Waals surface area contributed by atoms with Crippen LogP contribution in [0.2, 0.25) is 0 Å². The van der Waals surface area contributed by atoms with Crippen LogP contribution < -0.4 is 11.5 Å². The lowest BCUT2D eigenvalue weighted by molar-refractivity contribution is -0.119. The topological polar surface area (TPSA) is 96.8 Å². The lowest BCUT2D eigenvalue weighted by atomic mass is 10.4. The standard InChI is InChI=1S/C9H20N2O4/c10-2-4-14-6-8-15-7-5-13-3-1-9(11)12/h1-8,10H2,(H2,11,12). The van der Waals surface area contributed by atoms with Crippen LogP contribution in [-0.4, -0.2) is 52.1 Å². The van der Waals surface area contributed by atoms with Gasteiger partial charge in [-0.3, -0.25) is 4.79 Å². The highest BCUT2D eigenvalue weighted by Gasteiger charge is 1.94. The normalized spacial score (nSPS) is 10.5. The predicted molar refractivity (Wildman–Crippen MR) is 55.3 cm³/mol. The monoisotopic (exact) mass is 220 g/mol. The Morgan fingerprint density at radius 3 is 1.80 bits per heavy atom. The number of hydrogen-bond acceptors (Lipinski definition) is 5. The molecule has 6 nitrogen and oxygen atoms in total. The highest BCUT2D eigenvalue weighted by molar-refractivity contribution is 5.73. The molecule has 4 N–H and O–H groups in total. The van der Waals surface area contributed by atoms with E-state index in [1.54, 1.807) is 0 Å². The van der Waals surface area contributed by atoms with E-state index in [4.69, 9.17) is 25.7 Å². The molecule has 0 aromatic carbocycles. The van der Waals surface area contributed by atoms with Gasteiger partial charge in [0.15, 0.2) is 0 Å². The third-order valence-electron chi connectivity index (χ3n) is 1.50. The summed E-state index contributed by atoms with van der Waals surface area (Å²) in [5.74, 6) is -0.355. The molecule has 1 amide bonds. The molecule has 0 heterocycles. The van der Waals surface area contributed by atoms with Crippen LogP contribution in [0.3, 0.4) is 0 Å². The number of ether oxygens (including phenoxy) is 3. The molecular weight excluding hydrogens is 200 g/mol. The summed E-state index contributed by atoms with van der Waals surface area (Å²) in [6, 6.07) is 0. The third-order valence-corrected chi connectivity index (χ3v) is 1.50. The Labute approximate surface area is 89.8 Å². The molecule has 6 heteroatoms. The van der Waals surface area contributed by atoms with Crippen LogP contribution in [0.15, 0.2) is 0 Å². The molecule has 0 fully saturated rings. The number of nitrogens with two attached hydrogens (primary N) is 2. The van der Waals surface area contributed by atoms with Crippen LogP contribution in [-0.2, 0) is 19.0 Å². The Balaban J connectivity index is 2.89. The van der Waals surface area contributed by atoms with Gasteiger partial charge in [-0.15, -0.1) is 0 Å². The summed E-state index contributed by atoms with van der Waals surface area (Å²) in [7, 11) is 0. The average molecular weight is 220 g/mol. The van der Waals surface area contributed by atoms with E-state index in [9.17, 15) is 4.79 Å². The van der Waals surface area contributed by atoms with Gasteiger partial charge >= 0.3 is 0 Å². The molecule has 0 unspecified atom stereocenters. The van der Waals surface area contributed by atoms with Crippen molar-refractivity contribution in [3.05, 3.63) is 0 Å². The lowest BCUT2D eigenvalue weighted by Gasteiger charge is -2.05. The molecule has 0 aromatic heterocycles. The molecule has 15 heavy (non-hydrogen) atoms. The highest BCUT2D eigenvalue weighted by Crippen LogP contribution is 1.83. The van der Waals surface area contributed by atoms with Crippen LogP contribution in [0.5, 0.6) is 0 Å². The first-order valence-corrected chi connectivity index (χ1v) is 4.99. The Bertz CT molecular complexity index is 155. The molecule has 0 rings (SSSR count). The number of primary amides is 1. The Morgan fingerprint density at radius 1 is 0.867 bits per heavy atom. The fraction of sp³-hybridized carbons (Fsp3) is 0.889. The van der Waals surface area contributed by atoms with Crippen molar-refractivity contribution in [2.45, 2.75) is 6.42 Å². The molecule has 0 aromatic rings. The van der Waals surface area contributed by atoms with Crippen molar-refractivity contribution in [2.24, 2.45) is 11.5 Å². The smallest absolute Gasteiger partial charge is 0.219 e. The van der Waals surface area contributed by atoms with Gasteiger partial charge in [-0.05, 0) is 0 Å². The zero-order valence-electron chi connectivity index (χ0n) is 8.94. The van der Waals surface area contributed by atoms with E-state index >= 15 is 0 Å². The molecule has 0 aliphatic carbocycles. The van der Waals surface area contributed by atoms with Crippen molar-refractivity contribution in [1.29, 1.82) is 0 Å². The van der Waals surface area contributed by atoms with E-state index in [1.165, 1.54) is 0 Å². The van der Waals surface area contributed by atoms with Gasteiger partial charge in [0.25, 0.3) is 0 Å². The fourth-order valence-electron chi connectivity index (χ4n) is 0.798. The molecule has 0 saturated heterocycles. The summed E-state index contributed by atoms with van der Waals surface area (Å²) in [6.45, 7) is 3.45. The maximum Gasteiger partial charge on any atom is 0.219 e. The first-order chi connectivity index (χ1) is 7.27. The number of carbonyl (C=O) groups excluding carboxylic acids is 1. The molecule has 0 saturated carbocycles. The van der Waals surface area contributed by atoms with Gasteiger partial charge in [0, 0.05) is 13.0 Å².